The Balaban J connectivity index is 2.24. The molecule has 0 saturated carbocycles. The number of nitro groups is 1. The van der Waals surface area contributed by atoms with E-state index in [2.05, 4.69) is 5.32 Å². The molecular formula is C7H7N3O4. The molecule has 7 nitrogen and oxygen atoms in total. The van der Waals surface area contributed by atoms with E-state index in [1.807, 2.05) is 0 Å². The van der Waals surface area contributed by atoms with Crippen LogP contribution in [0.15, 0.2) is 16.5 Å². The Bertz CT molecular complexity index is 386. The maximum Gasteiger partial charge on any atom is 0.434 e. The predicted octanol–water partition coefficient (Wildman–Crippen LogP) is 0.717. The fourth-order valence-electron chi connectivity index (χ4n) is 1.24. The minimum absolute atomic E-state index is 0.201. The highest BCUT2D eigenvalue weighted by atomic mass is 16.6. The SMILES string of the molecule is O=C1NCCN1c1ccc([N+](=O)[O-])o1. The molecule has 1 N–H and O–H groups in total. The summed E-state index contributed by atoms with van der Waals surface area (Å²) >= 11 is 0. The summed E-state index contributed by atoms with van der Waals surface area (Å²) in [7, 11) is 0. The van der Waals surface area contributed by atoms with E-state index in [9.17, 15) is 14.9 Å². The van der Waals surface area contributed by atoms with Gasteiger partial charge in [0.15, 0.2) is 0 Å². The molecule has 1 aromatic heterocycles. The second kappa shape index (κ2) is 3.02. The molecule has 1 aliphatic heterocycles. The van der Waals surface area contributed by atoms with Gasteiger partial charge in [-0.3, -0.25) is 15.0 Å². The number of hydrogen-bond donors (Lipinski definition) is 1. The molecule has 0 aliphatic carbocycles. The summed E-state index contributed by atoms with van der Waals surface area (Å²) in [6, 6.07) is 2.33. The average Bonchev–Trinajstić information content (AvgIpc) is 2.71. The van der Waals surface area contributed by atoms with Gasteiger partial charge in [-0.05, 0) is 0 Å². The van der Waals surface area contributed by atoms with Gasteiger partial charge in [-0.15, -0.1) is 0 Å². The summed E-state index contributed by atoms with van der Waals surface area (Å²) in [4.78, 5) is 22.1. The number of rotatable bonds is 2. The number of furan rings is 1. The van der Waals surface area contributed by atoms with E-state index in [4.69, 9.17) is 4.42 Å². The lowest BCUT2D eigenvalue weighted by Gasteiger charge is -2.08. The lowest BCUT2D eigenvalue weighted by Crippen LogP contribution is -2.27. The first-order valence-corrected chi connectivity index (χ1v) is 3.98. The third-order valence-corrected chi connectivity index (χ3v) is 1.88. The first kappa shape index (κ1) is 8.54. The van der Waals surface area contributed by atoms with Crippen LogP contribution >= 0.6 is 0 Å². The molecule has 2 rings (SSSR count). The average molecular weight is 197 g/mol. The molecule has 2 amide bonds. The molecule has 1 saturated heterocycles. The van der Waals surface area contributed by atoms with Crippen molar-refractivity contribution in [1.29, 1.82) is 0 Å². The monoisotopic (exact) mass is 197 g/mol. The van der Waals surface area contributed by atoms with Gasteiger partial charge in [0.2, 0.25) is 5.88 Å². The summed E-state index contributed by atoms with van der Waals surface area (Å²) in [5, 5.41) is 12.9. The largest absolute Gasteiger partial charge is 0.434 e. The van der Waals surface area contributed by atoms with Gasteiger partial charge in [-0.25, -0.2) is 4.79 Å². The van der Waals surface area contributed by atoms with E-state index >= 15 is 0 Å². The van der Waals surface area contributed by atoms with Gasteiger partial charge in [-0.2, -0.15) is 0 Å². The van der Waals surface area contributed by atoms with E-state index in [1.54, 1.807) is 0 Å². The molecule has 7 heteroatoms. The van der Waals surface area contributed by atoms with Crippen LogP contribution < -0.4 is 10.2 Å². The van der Waals surface area contributed by atoms with Crippen molar-refractivity contribution in [2.45, 2.75) is 0 Å². The number of carbonyl (C=O) groups excluding carboxylic acids is 1. The van der Waals surface area contributed by atoms with E-state index in [1.165, 1.54) is 17.0 Å². The van der Waals surface area contributed by atoms with E-state index in [0.29, 0.717) is 13.1 Å². The molecule has 1 aliphatic rings. The van der Waals surface area contributed by atoms with Crippen LogP contribution in [0.1, 0.15) is 0 Å². The van der Waals surface area contributed by atoms with Crippen molar-refractivity contribution in [1.82, 2.24) is 5.32 Å². The van der Waals surface area contributed by atoms with Crippen LogP contribution in [0.3, 0.4) is 0 Å². The van der Waals surface area contributed by atoms with Gasteiger partial charge >= 0.3 is 11.9 Å². The van der Waals surface area contributed by atoms with Crippen molar-refractivity contribution in [2.75, 3.05) is 18.0 Å². The minimum atomic E-state index is -0.641. The molecule has 0 spiro atoms. The Morgan fingerprint density at radius 2 is 2.36 bits per heavy atom. The van der Waals surface area contributed by atoms with E-state index in [0.717, 1.165) is 0 Å². The van der Waals surface area contributed by atoms with Gasteiger partial charge in [0.1, 0.15) is 4.92 Å². The maximum atomic E-state index is 11.1. The number of amides is 2. The molecule has 14 heavy (non-hydrogen) atoms. The first-order valence-electron chi connectivity index (χ1n) is 3.98. The fourth-order valence-corrected chi connectivity index (χ4v) is 1.24. The molecule has 0 unspecified atom stereocenters. The summed E-state index contributed by atoms with van der Waals surface area (Å²) in [5.74, 6) is -0.161. The topological polar surface area (TPSA) is 88.6 Å². The Kier molecular flexibility index (Phi) is 1.84. The van der Waals surface area contributed by atoms with Gasteiger partial charge in [-0.1, -0.05) is 0 Å². The lowest BCUT2D eigenvalue weighted by molar-refractivity contribution is -0.401. The third-order valence-electron chi connectivity index (χ3n) is 1.88. The van der Waals surface area contributed by atoms with E-state index in [-0.39, 0.29) is 17.8 Å². The van der Waals surface area contributed by atoms with Gasteiger partial charge in [0.25, 0.3) is 0 Å². The molecule has 0 bridgehead atoms. The molecular weight excluding hydrogens is 190 g/mol. The maximum absolute atomic E-state index is 11.1. The van der Waals surface area contributed by atoms with Crippen molar-refractivity contribution in [2.24, 2.45) is 0 Å². The zero-order valence-electron chi connectivity index (χ0n) is 7.10. The third kappa shape index (κ3) is 1.28. The van der Waals surface area contributed by atoms with Crippen molar-refractivity contribution in [3.8, 4) is 0 Å². The number of hydrogen-bond acceptors (Lipinski definition) is 4. The van der Waals surface area contributed by atoms with Crippen LogP contribution in [0.25, 0.3) is 0 Å². The highest BCUT2D eigenvalue weighted by Crippen LogP contribution is 2.24. The molecule has 74 valence electrons. The second-order valence-electron chi connectivity index (χ2n) is 2.75. The molecule has 1 fully saturated rings. The molecule has 1 aromatic rings. The predicted molar refractivity (Wildman–Crippen MR) is 46.1 cm³/mol. The van der Waals surface area contributed by atoms with Crippen LogP contribution in [0.5, 0.6) is 0 Å². The smallest absolute Gasteiger partial charge is 0.384 e. The van der Waals surface area contributed by atoms with Crippen molar-refractivity contribution >= 4 is 17.8 Å². The summed E-state index contributed by atoms with van der Waals surface area (Å²) in [6.45, 7) is 0.983. The second-order valence-corrected chi connectivity index (χ2v) is 2.75. The van der Waals surface area contributed by atoms with Crippen LogP contribution in [0.4, 0.5) is 16.6 Å². The zero-order valence-corrected chi connectivity index (χ0v) is 7.10. The van der Waals surface area contributed by atoms with Crippen molar-refractivity contribution < 1.29 is 14.1 Å². The Morgan fingerprint density at radius 1 is 1.57 bits per heavy atom. The highest BCUT2D eigenvalue weighted by molar-refractivity contribution is 5.92. The lowest BCUT2D eigenvalue weighted by atomic mass is 10.5. The Hall–Kier alpha value is -2.05. The summed E-state index contributed by atoms with van der Waals surface area (Å²) < 4.78 is 4.87. The number of nitrogens with one attached hydrogen (secondary N) is 1. The molecule has 0 radical (unpaired) electrons. The number of carbonyl (C=O) groups is 1. The Morgan fingerprint density at radius 3 is 2.86 bits per heavy atom. The fraction of sp³-hybridized carbons (Fsp3) is 0.286. The van der Waals surface area contributed by atoms with Gasteiger partial charge in [0.05, 0.1) is 6.07 Å². The number of nitrogens with zero attached hydrogens (tertiary/aromatic N) is 2. The highest BCUT2D eigenvalue weighted by Gasteiger charge is 2.25. The van der Waals surface area contributed by atoms with Crippen molar-refractivity contribution in [3.05, 3.63) is 22.2 Å². The molecule has 0 aromatic carbocycles. The molecule has 2 heterocycles. The van der Waals surface area contributed by atoms with Gasteiger partial charge in [0, 0.05) is 19.2 Å². The van der Waals surface area contributed by atoms with Gasteiger partial charge < -0.3 is 9.73 Å². The summed E-state index contributed by atoms with van der Waals surface area (Å²) in [6.07, 6.45) is 0. The van der Waals surface area contributed by atoms with Crippen LogP contribution in [-0.4, -0.2) is 24.0 Å². The number of urea groups is 1. The van der Waals surface area contributed by atoms with Crippen LogP contribution in [-0.2, 0) is 0 Å². The van der Waals surface area contributed by atoms with Crippen molar-refractivity contribution in [3.63, 3.8) is 0 Å². The standard InChI is InChI=1S/C7H7N3O4/c11-7-8-3-4-9(7)5-1-2-6(14-5)10(12)13/h1-2H,3-4H2,(H,8,11). The molecule has 0 atom stereocenters. The van der Waals surface area contributed by atoms with Crippen LogP contribution in [0, 0.1) is 10.1 Å². The van der Waals surface area contributed by atoms with E-state index < -0.39 is 4.92 Å². The summed E-state index contributed by atoms with van der Waals surface area (Å²) in [5.41, 5.74) is 0. The van der Waals surface area contributed by atoms with Crippen LogP contribution in [0.2, 0.25) is 0 Å². The normalized spacial score (nSPS) is 15.7. The minimum Gasteiger partial charge on any atom is -0.384 e. The Labute approximate surface area is 78.4 Å². The quantitative estimate of drug-likeness (QED) is 0.558. The number of anilines is 1. The first-order chi connectivity index (χ1) is 6.68. The zero-order chi connectivity index (χ0) is 10.1.